The molecular formula is C12H21N3O4S. The molecular weight excluding hydrogens is 282 g/mol. The number of amides is 1. The number of sulfonamides is 1. The van der Waals surface area contributed by atoms with Crippen molar-refractivity contribution >= 4 is 21.7 Å². The monoisotopic (exact) mass is 303 g/mol. The van der Waals surface area contributed by atoms with Crippen LogP contribution in [-0.2, 0) is 14.8 Å². The zero-order valence-corrected chi connectivity index (χ0v) is 13.0. The Hall–Kier alpha value is -1.57. The van der Waals surface area contributed by atoms with E-state index < -0.39 is 10.0 Å². The fraction of sp³-hybridized carbons (Fsp3) is 0.667. The van der Waals surface area contributed by atoms with Crippen molar-refractivity contribution in [3.8, 4) is 0 Å². The quantitative estimate of drug-likeness (QED) is 0.808. The molecule has 1 aromatic heterocycles. The van der Waals surface area contributed by atoms with Crippen LogP contribution in [0.1, 0.15) is 26.0 Å². The summed E-state index contributed by atoms with van der Waals surface area (Å²) in [6.07, 6.45) is 1.51. The van der Waals surface area contributed by atoms with Crippen LogP contribution in [0.15, 0.2) is 10.6 Å². The second-order valence-corrected chi connectivity index (χ2v) is 6.99. The lowest BCUT2D eigenvalue weighted by molar-refractivity contribution is -0.121. The Kier molecular flexibility index (Phi) is 5.55. The molecule has 0 aliphatic heterocycles. The average Bonchev–Trinajstić information content (AvgIpc) is 2.68. The van der Waals surface area contributed by atoms with E-state index in [1.807, 2.05) is 13.8 Å². The number of carbonyl (C=O) groups excluding carboxylic acids is 1. The van der Waals surface area contributed by atoms with Crippen LogP contribution in [0.3, 0.4) is 0 Å². The molecule has 8 heteroatoms. The summed E-state index contributed by atoms with van der Waals surface area (Å²) >= 11 is 0. The van der Waals surface area contributed by atoms with E-state index in [1.165, 1.54) is 6.07 Å². The van der Waals surface area contributed by atoms with Gasteiger partial charge in [0.15, 0.2) is 5.82 Å². The van der Waals surface area contributed by atoms with Gasteiger partial charge in [-0.3, -0.25) is 4.79 Å². The van der Waals surface area contributed by atoms with Gasteiger partial charge in [0.2, 0.25) is 15.9 Å². The molecule has 0 aromatic carbocycles. The standard InChI is InChI=1S/C12H21N3O4S/c1-9(2)7-12(16)13-5-6-15(20(4,17)18)11-8-10(3)19-14-11/h8-9H,5-7H2,1-4H3,(H,13,16). The molecule has 0 bridgehead atoms. The molecule has 1 rings (SSSR count). The molecule has 0 saturated heterocycles. The van der Waals surface area contributed by atoms with Gasteiger partial charge in [-0.1, -0.05) is 19.0 Å². The molecule has 114 valence electrons. The summed E-state index contributed by atoms with van der Waals surface area (Å²) in [7, 11) is -3.47. The molecule has 0 radical (unpaired) electrons. The molecule has 0 aliphatic carbocycles. The summed E-state index contributed by atoms with van der Waals surface area (Å²) < 4.78 is 29.4. The molecule has 0 unspecified atom stereocenters. The van der Waals surface area contributed by atoms with E-state index in [9.17, 15) is 13.2 Å². The van der Waals surface area contributed by atoms with Gasteiger partial charge >= 0.3 is 0 Å². The maximum atomic E-state index is 11.7. The lowest BCUT2D eigenvalue weighted by atomic mass is 10.1. The van der Waals surface area contributed by atoms with Crippen molar-refractivity contribution in [1.82, 2.24) is 10.5 Å². The highest BCUT2D eigenvalue weighted by molar-refractivity contribution is 7.92. The SMILES string of the molecule is Cc1cc(N(CCNC(=O)CC(C)C)S(C)(=O)=O)no1. The summed E-state index contributed by atoms with van der Waals surface area (Å²) in [4.78, 5) is 11.5. The van der Waals surface area contributed by atoms with Gasteiger partial charge in [0, 0.05) is 19.0 Å². The van der Waals surface area contributed by atoms with Crippen LogP contribution in [0.4, 0.5) is 5.82 Å². The molecule has 0 aliphatic rings. The highest BCUT2D eigenvalue weighted by atomic mass is 32.2. The van der Waals surface area contributed by atoms with Crippen molar-refractivity contribution in [3.63, 3.8) is 0 Å². The van der Waals surface area contributed by atoms with E-state index in [2.05, 4.69) is 10.5 Å². The molecule has 1 heterocycles. The van der Waals surface area contributed by atoms with E-state index in [0.29, 0.717) is 12.2 Å². The largest absolute Gasteiger partial charge is 0.360 e. The molecule has 1 N–H and O–H groups in total. The van der Waals surface area contributed by atoms with E-state index in [1.54, 1.807) is 6.92 Å². The van der Waals surface area contributed by atoms with Gasteiger partial charge in [-0.05, 0) is 12.8 Å². The number of nitrogens with one attached hydrogen (secondary N) is 1. The van der Waals surface area contributed by atoms with Crippen molar-refractivity contribution in [2.24, 2.45) is 5.92 Å². The minimum atomic E-state index is -3.47. The third-order valence-electron chi connectivity index (χ3n) is 2.50. The molecule has 0 atom stereocenters. The predicted molar refractivity (Wildman–Crippen MR) is 75.9 cm³/mol. The summed E-state index contributed by atoms with van der Waals surface area (Å²) in [5, 5.41) is 6.38. The number of nitrogens with zero attached hydrogens (tertiary/aromatic N) is 2. The number of hydrogen-bond donors (Lipinski definition) is 1. The molecule has 20 heavy (non-hydrogen) atoms. The predicted octanol–water partition coefficient (Wildman–Crippen LogP) is 0.911. The molecule has 0 spiro atoms. The van der Waals surface area contributed by atoms with Crippen molar-refractivity contribution in [2.45, 2.75) is 27.2 Å². The van der Waals surface area contributed by atoms with Crippen LogP contribution >= 0.6 is 0 Å². The van der Waals surface area contributed by atoms with Crippen molar-refractivity contribution in [3.05, 3.63) is 11.8 Å². The Morgan fingerprint density at radius 1 is 1.50 bits per heavy atom. The van der Waals surface area contributed by atoms with Crippen molar-refractivity contribution in [1.29, 1.82) is 0 Å². The topological polar surface area (TPSA) is 92.5 Å². The normalized spacial score (nSPS) is 11.7. The number of rotatable bonds is 7. The van der Waals surface area contributed by atoms with Crippen LogP contribution in [0.25, 0.3) is 0 Å². The van der Waals surface area contributed by atoms with Crippen LogP contribution in [-0.4, -0.2) is 38.8 Å². The Labute approximate surface area is 119 Å². The molecule has 7 nitrogen and oxygen atoms in total. The number of hydrogen-bond acceptors (Lipinski definition) is 5. The Morgan fingerprint density at radius 3 is 2.60 bits per heavy atom. The maximum Gasteiger partial charge on any atom is 0.233 e. The Bertz CT molecular complexity index is 551. The van der Waals surface area contributed by atoms with Gasteiger partial charge in [-0.2, -0.15) is 0 Å². The molecule has 1 aromatic rings. The van der Waals surface area contributed by atoms with Gasteiger partial charge in [0.1, 0.15) is 5.76 Å². The van der Waals surface area contributed by atoms with Crippen LogP contribution in [0, 0.1) is 12.8 Å². The lowest BCUT2D eigenvalue weighted by Crippen LogP contribution is -2.38. The third-order valence-corrected chi connectivity index (χ3v) is 3.67. The highest BCUT2D eigenvalue weighted by Gasteiger charge is 2.20. The van der Waals surface area contributed by atoms with E-state index >= 15 is 0 Å². The van der Waals surface area contributed by atoms with Gasteiger partial charge in [0.25, 0.3) is 0 Å². The zero-order valence-electron chi connectivity index (χ0n) is 12.2. The number of anilines is 1. The minimum absolute atomic E-state index is 0.0928. The number of aromatic nitrogens is 1. The van der Waals surface area contributed by atoms with Crippen LogP contribution in [0.2, 0.25) is 0 Å². The summed E-state index contributed by atoms with van der Waals surface area (Å²) in [6.45, 7) is 5.92. The van der Waals surface area contributed by atoms with E-state index in [0.717, 1.165) is 10.6 Å². The smallest absolute Gasteiger partial charge is 0.233 e. The number of aryl methyl sites for hydroxylation is 1. The average molecular weight is 303 g/mol. The van der Waals surface area contributed by atoms with E-state index in [4.69, 9.17) is 4.52 Å². The van der Waals surface area contributed by atoms with Gasteiger partial charge in [-0.25, -0.2) is 12.7 Å². The first-order valence-electron chi connectivity index (χ1n) is 6.38. The maximum absolute atomic E-state index is 11.7. The molecule has 0 fully saturated rings. The highest BCUT2D eigenvalue weighted by Crippen LogP contribution is 2.16. The lowest BCUT2D eigenvalue weighted by Gasteiger charge is -2.19. The summed E-state index contributed by atoms with van der Waals surface area (Å²) in [5.74, 6) is 0.921. The third kappa shape index (κ3) is 5.20. The Morgan fingerprint density at radius 2 is 2.15 bits per heavy atom. The second kappa shape index (κ2) is 6.74. The van der Waals surface area contributed by atoms with Crippen LogP contribution < -0.4 is 9.62 Å². The van der Waals surface area contributed by atoms with E-state index in [-0.39, 0.29) is 30.7 Å². The van der Waals surface area contributed by atoms with Gasteiger partial charge in [0.05, 0.1) is 12.8 Å². The fourth-order valence-corrected chi connectivity index (χ4v) is 2.51. The van der Waals surface area contributed by atoms with Crippen molar-refractivity contribution in [2.75, 3.05) is 23.7 Å². The first-order valence-corrected chi connectivity index (χ1v) is 8.22. The molecule has 0 saturated carbocycles. The Balaban J connectivity index is 2.62. The zero-order chi connectivity index (χ0) is 15.3. The van der Waals surface area contributed by atoms with Gasteiger partial charge < -0.3 is 9.84 Å². The van der Waals surface area contributed by atoms with Gasteiger partial charge in [-0.15, -0.1) is 0 Å². The molecule has 1 amide bonds. The first kappa shape index (κ1) is 16.5. The minimum Gasteiger partial charge on any atom is -0.360 e. The first-order chi connectivity index (χ1) is 9.20. The summed E-state index contributed by atoms with van der Waals surface area (Å²) in [5.41, 5.74) is 0. The van der Waals surface area contributed by atoms with Crippen molar-refractivity contribution < 1.29 is 17.7 Å². The summed E-state index contributed by atoms with van der Waals surface area (Å²) in [6, 6.07) is 1.54. The second-order valence-electron chi connectivity index (χ2n) is 5.08. The fourth-order valence-electron chi connectivity index (χ4n) is 1.66. The van der Waals surface area contributed by atoms with Crippen LogP contribution in [0.5, 0.6) is 0 Å². The number of carbonyl (C=O) groups is 1.